The fourth-order valence-electron chi connectivity index (χ4n) is 1.68. The van der Waals surface area contributed by atoms with E-state index in [1.165, 1.54) is 18.3 Å². The van der Waals surface area contributed by atoms with E-state index in [2.05, 4.69) is 9.97 Å². The Morgan fingerprint density at radius 3 is 2.53 bits per heavy atom. The van der Waals surface area contributed by atoms with Gasteiger partial charge in [0.1, 0.15) is 5.52 Å². The summed E-state index contributed by atoms with van der Waals surface area (Å²) in [6.45, 7) is 1.89. The van der Waals surface area contributed by atoms with Crippen LogP contribution in [-0.4, -0.2) is 18.4 Å². The number of benzene rings is 1. The predicted molar refractivity (Wildman–Crippen MR) is 68.4 cm³/mol. The van der Waals surface area contributed by atoms with Gasteiger partial charge in [-0.15, -0.1) is 0 Å². The van der Waals surface area contributed by atoms with Crippen molar-refractivity contribution in [1.29, 1.82) is 0 Å². The van der Waals surface area contributed by atoms with Gasteiger partial charge >= 0.3 is 5.22 Å². The molecule has 0 fully saturated rings. The lowest BCUT2D eigenvalue weighted by Gasteiger charge is -1.99. The average molecular weight is 274 g/mol. The largest absolute Gasteiger partial charge is 0.409 e. The van der Waals surface area contributed by atoms with Gasteiger partial charge in [-0.2, -0.15) is 4.98 Å². The van der Waals surface area contributed by atoms with Crippen LogP contribution in [0.4, 0.5) is 0 Å². The molecule has 2 heterocycles. The van der Waals surface area contributed by atoms with Crippen LogP contribution in [0.1, 0.15) is 5.56 Å². The summed E-state index contributed by atoms with van der Waals surface area (Å²) < 4.78 is 29.9. The normalized spacial score (nSPS) is 11.8. The average Bonchev–Trinajstić information content (AvgIpc) is 2.83. The molecule has 0 aliphatic carbocycles. The molecule has 0 spiro atoms. The molecule has 19 heavy (non-hydrogen) atoms. The second-order valence-corrected chi connectivity index (χ2v) is 5.95. The van der Waals surface area contributed by atoms with Crippen LogP contribution in [0, 0.1) is 6.92 Å². The zero-order valence-corrected chi connectivity index (χ0v) is 10.9. The van der Waals surface area contributed by atoms with Crippen LogP contribution in [0.2, 0.25) is 0 Å². The molecule has 3 rings (SSSR count). The summed E-state index contributed by atoms with van der Waals surface area (Å²) >= 11 is 0. The molecule has 5 nitrogen and oxygen atoms in total. The monoisotopic (exact) mass is 274 g/mol. The summed E-state index contributed by atoms with van der Waals surface area (Å²) in [6, 6.07) is 9.86. The van der Waals surface area contributed by atoms with E-state index in [0.717, 1.165) is 5.56 Å². The molecular formula is C13H10N2O3S. The molecule has 6 heteroatoms. The third-order valence-corrected chi connectivity index (χ3v) is 4.24. The minimum absolute atomic E-state index is 0.157. The Bertz CT molecular complexity index is 803. The maximum Gasteiger partial charge on any atom is 0.322 e. The molecule has 96 valence electrons. The van der Waals surface area contributed by atoms with Gasteiger partial charge in [-0.3, -0.25) is 0 Å². The van der Waals surface area contributed by atoms with Crippen molar-refractivity contribution in [2.45, 2.75) is 17.0 Å². The molecule has 3 aromatic rings. The van der Waals surface area contributed by atoms with E-state index in [1.807, 2.05) is 6.92 Å². The Balaban J connectivity index is 2.16. The molecule has 0 saturated heterocycles. The van der Waals surface area contributed by atoms with E-state index in [1.54, 1.807) is 24.3 Å². The number of hydrogen-bond donors (Lipinski definition) is 0. The van der Waals surface area contributed by atoms with E-state index in [0.29, 0.717) is 5.52 Å². The van der Waals surface area contributed by atoms with Gasteiger partial charge in [0.2, 0.25) is 5.71 Å². The van der Waals surface area contributed by atoms with Crippen molar-refractivity contribution in [3.63, 3.8) is 0 Å². The van der Waals surface area contributed by atoms with Crippen molar-refractivity contribution in [3.8, 4) is 0 Å². The Hall–Kier alpha value is -2.21. The van der Waals surface area contributed by atoms with Gasteiger partial charge in [-0.05, 0) is 31.2 Å². The van der Waals surface area contributed by atoms with Gasteiger partial charge < -0.3 is 4.42 Å². The van der Waals surface area contributed by atoms with Gasteiger partial charge in [-0.1, -0.05) is 17.7 Å². The first-order valence-electron chi connectivity index (χ1n) is 5.61. The van der Waals surface area contributed by atoms with Crippen molar-refractivity contribution in [2.24, 2.45) is 0 Å². The first kappa shape index (κ1) is 11.9. The number of oxazole rings is 1. The third kappa shape index (κ3) is 2.00. The van der Waals surface area contributed by atoms with Crippen molar-refractivity contribution >= 4 is 21.1 Å². The molecule has 1 aromatic carbocycles. The maximum atomic E-state index is 12.3. The highest BCUT2D eigenvalue weighted by Crippen LogP contribution is 2.23. The topological polar surface area (TPSA) is 73.1 Å². The number of fused-ring (bicyclic) bond motifs is 1. The standard InChI is InChI=1S/C13H10N2O3S/c1-9-4-6-10(7-5-9)19(16,17)13-15-11-3-2-8-14-12(11)18-13/h2-8H,1H3. The summed E-state index contributed by atoms with van der Waals surface area (Å²) in [6.07, 6.45) is 1.52. The second-order valence-electron chi connectivity index (χ2n) is 4.12. The van der Waals surface area contributed by atoms with Crippen LogP contribution >= 0.6 is 0 Å². The minimum Gasteiger partial charge on any atom is -0.409 e. The summed E-state index contributed by atoms with van der Waals surface area (Å²) in [4.78, 5) is 8.05. The molecule has 0 unspecified atom stereocenters. The fraction of sp³-hybridized carbons (Fsp3) is 0.0769. The lowest BCUT2D eigenvalue weighted by molar-refractivity contribution is 0.452. The smallest absolute Gasteiger partial charge is 0.322 e. The highest BCUT2D eigenvalue weighted by molar-refractivity contribution is 7.91. The molecule has 0 aliphatic rings. The number of hydrogen-bond acceptors (Lipinski definition) is 5. The van der Waals surface area contributed by atoms with Crippen LogP contribution in [0.25, 0.3) is 11.2 Å². The van der Waals surface area contributed by atoms with E-state index in [-0.39, 0.29) is 15.8 Å². The zero-order valence-electron chi connectivity index (χ0n) is 10.1. The maximum absolute atomic E-state index is 12.3. The molecule has 0 aliphatic heterocycles. The molecule has 0 bridgehead atoms. The lowest BCUT2D eigenvalue weighted by atomic mass is 10.2. The van der Waals surface area contributed by atoms with Crippen LogP contribution in [0.15, 0.2) is 57.1 Å². The van der Waals surface area contributed by atoms with Crippen LogP contribution in [0.3, 0.4) is 0 Å². The number of nitrogens with zero attached hydrogens (tertiary/aromatic N) is 2. The quantitative estimate of drug-likeness (QED) is 0.717. The number of sulfone groups is 1. The van der Waals surface area contributed by atoms with Crippen molar-refractivity contribution in [2.75, 3.05) is 0 Å². The summed E-state index contributed by atoms with van der Waals surface area (Å²) in [7, 11) is -3.74. The van der Waals surface area contributed by atoms with Gasteiger partial charge in [0, 0.05) is 6.20 Å². The van der Waals surface area contributed by atoms with E-state index < -0.39 is 9.84 Å². The summed E-state index contributed by atoms with van der Waals surface area (Å²) in [5.41, 5.74) is 1.62. The van der Waals surface area contributed by atoms with Gasteiger partial charge in [0.25, 0.3) is 9.84 Å². The highest BCUT2D eigenvalue weighted by Gasteiger charge is 2.24. The summed E-state index contributed by atoms with van der Waals surface area (Å²) in [5.74, 6) is 0. The predicted octanol–water partition coefficient (Wildman–Crippen LogP) is 2.36. The van der Waals surface area contributed by atoms with E-state index in [4.69, 9.17) is 4.42 Å². The molecule has 0 radical (unpaired) electrons. The highest BCUT2D eigenvalue weighted by atomic mass is 32.2. The lowest BCUT2D eigenvalue weighted by Crippen LogP contribution is -2.02. The first-order chi connectivity index (χ1) is 9.07. The molecule has 0 atom stereocenters. The molecule has 0 saturated carbocycles. The Morgan fingerprint density at radius 2 is 1.84 bits per heavy atom. The van der Waals surface area contributed by atoms with E-state index >= 15 is 0 Å². The second kappa shape index (κ2) is 4.17. The number of rotatable bonds is 2. The summed E-state index contributed by atoms with van der Waals surface area (Å²) in [5, 5.41) is -0.329. The van der Waals surface area contributed by atoms with Crippen LogP contribution in [-0.2, 0) is 9.84 Å². The Morgan fingerprint density at radius 1 is 1.11 bits per heavy atom. The van der Waals surface area contributed by atoms with Gasteiger partial charge in [0.05, 0.1) is 4.90 Å². The first-order valence-corrected chi connectivity index (χ1v) is 7.09. The molecule has 0 N–H and O–H groups in total. The Kier molecular flexibility index (Phi) is 2.60. The molecule has 0 amide bonds. The number of aryl methyl sites for hydroxylation is 1. The zero-order chi connectivity index (χ0) is 13.5. The van der Waals surface area contributed by atoms with Gasteiger partial charge in [-0.25, -0.2) is 13.4 Å². The minimum atomic E-state index is -3.74. The van der Waals surface area contributed by atoms with Crippen molar-refractivity contribution < 1.29 is 12.8 Å². The number of pyridine rings is 1. The molecule has 2 aromatic heterocycles. The van der Waals surface area contributed by atoms with Crippen molar-refractivity contribution in [1.82, 2.24) is 9.97 Å². The van der Waals surface area contributed by atoms with Gasteiger partial charge in [0.15, 0.2) is 0 Å². The van der Waals surface area contributed by atoms with Crippen LogP contribution < -0.4 is 0 Å². The third-order valence-electron chi connectivity index (χ3n) is 2.71. The fourth-order valence-corrected chi connectivity index (χ4v) is 2.79. The van der Waals surface area contributed by atoms with Crippen LogP contribution in [0.5, 0.6) is 0 Å². The Labute approximate surface area is 109 Å². The van der Waals surface area contributed by atoms with E-state index in [9.17, 15) is 8.42 Å². The number of aromatic nitrogens is 2. The SMILES string of the molecule is Cc1ccc(S(=O)(=O)c2nc3cccnc3o2)cc1. The van der Waals surface area contributed by atoms with Crippen molar-refractivity contribution in [3.05, 3.63) is 48.2 Å². The molecular weight excluding hydrogens is 264 g/mol.